The summed E-state index contributed by atoms with van der Waals surface area (Å²) in [5.74, 6) is -0.330. The Morgan fingerprint density at radius 1 is 1.26 bits per heavy atom. The molecule has 9 heteroatoms. The lowest BCUT2D eigenvalue weighted by Crippen LogP contribution is -2.31. The highest BCUT2D eigenvalue weighted by Crippen LogP contribution is 2.30. The van der Waals surface area contributed by atoms with Crippen LogP contribution in [-0.2, 0) is 9.53 Å². The maximum atomic E-state index is 13.1. The van der Waals surface area contributed by atoms with Crippen LogP contribution in [0.2, 0.25) is 0 Å². The van der Waals surface area contributed by atoms with E-state index in [1.807, 2.05) is 6.92 Å². The van der Waals surface area contributed by atoms with Gasteiger partial charge in [-0.05, 0) is 44.9 Å². The molecule has 3 aromatic rings. The van der Waals surface area contributed by atoms with E-state index < -0.39 is 12.0 Å². The second-order valence-corrected chi connectivity index (χ2v) is 8.18. The summed E-state index contributed by atoms with van der Waals surface area (Å²) in [6.07, 6.45) is 1.76. The molecular weight excluding hydrogens is 418 g/mol. The van der Waals surface area contributed by atoms with Gasteiger partial charge in [-0.2, -0.15) is 0 Å². The Labute approximate surface area is 183 Å². The van der Waals surface area contributed by atoms with Gasteiger partial charge < -0.3 is 14.8 Å². The van der Waals surface area contributed by atoms with E-state index in [4.69, 9.17) is 9.47 Å². The molecule has 3 rings (SSSR count). The Balaban J connectivity index is 1.95. The van der Waals surface area contributed by atoms with Crippen LogP contribution in [0.5, 0.6) is 5.75 Å². The van der Waals surface area contributed by atoms with Crippen molar-refractivity contribution in [2.45, 2.75) is 46.3 Å². The van der Waals surface area contributed by atoms with E-state index >= 15 is 0 Å². The predicted octanol–water partition coefficient (Wildman–Crippen LogP) is 3.93. The summed E-state index contributed by atoms with van der Waals surface area (Å²) < 4.78 is 11.9. The van der Waals surface area contributed by atoms with E-state index in [9.17, 15) is 14.4 Å². The standard InChI is InChI=1S/C22H25N3O5S/c1-6-12(2)30-22(28)14(4)25-11-23-20-17(21(25)27)13(3)18(31-20)19(26)24-15-9-7-8-10-16(15)29-5/h7-12,14H,6H2,1-5H3,(H,24,26)/t12-,14-/m0/s1. The van der Waals surface area contributed by atoms with Crippen molar-refractivity contribution in [1.29, 1.82) is 0 Å². The van der Waals surface area contributed by atoms with Gasteiger partial charge in [-0.3, -0.25) is 14.2 Å². The smallest absolute Gasteiger partial charge is 0.329 e. The molecule has 0 fully saturated rings. The molecule has 0 aliphatic rings. The SMILES string of the molecule is CC[C@H](C)OC(=O)[C@H](C)n1cnc2sc(C(=O)Nc3ccccc3OC)c(C)c2c1=O. The Morgan fingerprint density at radius 2 is 1.97 bits per heavy atom. The van der Waals surface area contributed by atoms with E-state index in [1.165, 1.54) is 18.0 Å². The third kappa shape index (κ3) is 4.46. The van der Waals surface area contributed by atoms with E-state index in [1.54, 1.807) is 45.0 Å². The van der Waals surface area contributed by atoms with Gasteiger partial charge in [0.2, 0.25) is 0 Å². The molecular formula is C22H25N3O5S. The normalized spacial score (nSPS) is 12.9. The fourth-order valence-electron chi connectivity index (χ4n) is 3.05. The summed E-state index contributed by atoms with van der Waals surface area (Å²) in [4.78, 5) is 43.5. The molecule has 164 valence electrons. The van der Waals surface area contributed by atoms with Gasteiger partial charge in [0.15, 0.2) is 0 Å². The maximum absolute atomic E-state index is 13.1. The minimum absolute atomic E-state index is 0.240. The van der Waals surface area contributed by atoms with Gasteiger partial charge in [0.25, 0.3) is 11.5 Å². The predicted molar refractivity (Wildman–Crippen MR) is 120 cm³/mol. The average molecular weight is 444 g/mol. The molecule has 8 nitrogen and oxygen atoms in total. The molecule has 1 amide bonds. The summed E-state index contributed by atoms with van der Waals surface area (Å²) in [5, 5.41) is 3.14. The second-order valence-electron chi connectivity index (χ2n) is 7.18. The number of hydrogen-bond donors (Lipinski definition) is 1. The number of anilines is 1. The van der Waals surface area contributed by atoms with E-state index in [-0.39, 0.29) is 17.6 Å². The number of nitrogens with one attached hydrogen (secondary N) is 1. The van der Waals surface area contributed by atoms with Crippen LogP contribution in [0.3, 0.4) is 0 Å². The first kappa shape index (κ1) is 22.5. The minimum Gasteiger partial charge on any atom is -0.495 e. The molecule has 2 atom stereocenters. The lowest BCUT2D eigenvalue weighted by molar-refractivity contribution is -0.152. The number of esters is 1. The fourth-order valence-corrected chi connectivity index (χ4v) is 4.08. The highest BCUT2D eigenvalue weighted by molar-refractivity contribution is 7.20. The van der Waals surface area contributed by atoms with Crippen molar-refractivity contribution in [3.8, 4) is 5.75 Å². The van der Waals surface area contributed by atoms with Gasteiger partial charge in [-0.1, -0.05) is 19.1 Å². The van der Waals surface area contributed by atoms with Gasteiger partial charge in [0, 0.05) is 0 Å². The Morgan fingerprint density at radius 3 is 2.65 bits per heavy atom. The monoisotopic (exact) mass is 443 g/mol. The summed E-state index contributed by atoms with van der Waals surface area (Å²) in [6, 6.07) is 6.24. The number of amides is 1. The molecule has 1 aromatic carbocycles. The lowest BCUT2D eigenvalue weighted by Gasteiger charge is -2.17. The molecule has 1 N–H and O–H groups in total. The molecule has 0 spiro atoms. The molecule has 31 heavy (non-hydrogen) atoms. The highest BCUT2D eigenvalue weighted by atomic mass is 32.1. The van der Waals surface area contributed by atoms with Crippen LogP contribution in [0.4, 0.5) is 5.69 Å². The number of hydrogen-bond acceptors (Lipinski definition) is 7. The van der Waals surface area contributed by atoms with Crippen molar-refractivity contribution in [3.05, 3.63) is 51.4 Å². The topological polar surface area (TPSA) is 99.5 Å². The molecule has 0 aliphatic carbocycles. The first-order valence-corrected chi connectivity index (χ1v) is 10.7. The van der Waals surface area contributed by atoms with Crippen LogP contribution in [0.1, 0.15) is 48.5 Å². The summed E-state index contributed by atoms with van der Waals surface area (Å²) in [5.41, 5.74) is 0.657. The number of benzene rings is 1. The van der Waals surface area contributed by atoms with E-state index in [2.05, 4.69) is 10.3 Å². The molecule has 0 saturated carbocycles. The second kappa shape index (κ2) is 9.30. The highest BCUT2D eigenvalue weighted by Gasteiger charge is 2.24. The van der Waals surface area contributed by atoms with Crippen molar-refractivity contribution in [2.75, 3.05) is 12.4 Å². The number of para-hydroxylation sites is 2. The molecule has 0 radical (unpaired) electrons. The summed E-state index contributed by atoms with van der Waals surface area (Å²) in [7, 11) is 1.52. The number of thiophene rings is 1. The summed E-state index contributed by atoms with van der Waals surface area (Å²) >= 11 is 1.13. The van der Waals surface area contributed by atoms with Crippen LogP contribution < -0.4 is 15.6 Å². The van der Waals surface area contributed by atoms with Crippen molar-refractivity contribution in [3.63, 3.8) is 0 Å². The molecule has 2 aromatic heterocycles. The Kier molecular flexibility index (Phi) is 6.74. The van der Waals surface area contributed by atoms with Crippen molar-refractivity contribution >= 4 is 39.1 Å². The number of carbonyl (C=O) groups excluding carboxylic acids is 2. The number of fused-ring (bicyclic) bond motifs is 1. The molecule has 0 saturated heterocycles. The van der Waals surface area contributed by atoms with Crippen LogP contribution in [0.25, 0.3) is 10.2 Å². The zero-order valence-electron chi connectivity index (χ0n) is 18.1. The fraction of sp³-hybridized carbons (Fsp3) is 0.364. The number of nitrogens with zero attached hydrogens (tertiary/aromatic N) is 2. The van der Waals surface area contributed by atoms with Gasteiger partial charge in [-0.25, -0.2) is 9.78 Å². The number of methoxy groups -OCH3 is 1. The van der Waals surface area contributed by atoms with Crippen molar-refractivity contribution in [2.24, 2.45) is 0 Å². The zero-order valence-corrected chi connectivity index (χ0v) is 18.9. The van der Waals surface area contributed by atoms with Gasteiger partial charge >= 0.3 is 5.97 Å². The first-order valence-electron chi connectivity index (χ1n) is 9.93. The quantitative estimate of drug-likeness (QED) is 0.556. The zero-order chi connectivity index (χ0) is 22.7. The number of ether oxygens (including phenoxy) is 2. The molecule has 0 bridgehead atoms. The van der Waals surface area contributed by atoms with Crippen molar-refractivity contribution in [1.82, 2.24) is 9.55 Å². The minimum atomic E-state index is -0.830. The Bertz CT molecular complexity index is 1180. The number of aryl methyl sites for hydroxylation is 1. The van der Waals surface area contributed by atoms with E-state index in [0.29, 0.717) is 38.5 Å². The Hall–Kier alpha value is -3.20. The average Bonchev–Trinajstić information content (AvgIpc) is 3.11. The number of carbonyl (C=O) groups is 2. The maximum Gasteiger partial charge on any atom is 0.329 e. The third-order valence-electron chi connectivity index (χ3n) is 5.09. The lowest BCUT2D eigenvalue weighted by atomic mass is 10.2. The molecule has 0 aliphatic heterocycles. The van der Waals surface area contributed by atoms with Crippen LogP contribution >= 0.6 is 11.3 Å². The van der Waals surface area contributed by atoms with Crippen LogP contribution in [0.15, 0.2) is 35.4 Å². The number of rotatable bonds is 7. The van der Waals surface area contributed by atoms with Gasteiger partial charge in [0.1, 0.15) is 16.6 Å². The first-order chi connectivity index (χ1) is 14.8. The summed E-state index contributed by atoms with van der Waals surface area (Å²) in [6.45, 7) is 7.00. The van der Waals surface area contributed by atoms with Crippen molar-refractivity contribution < 1.29 is 19.1 Å². The van der Waals surface area contributed by atoms with E-state index in [0.717, 1.165) is 11.3 Å². The van der Waals surface area contributed by atoms with Crippen LogP contribution in [-0.4, -0.2) is 34.6 Å². The van der Waals surface area contributed by atoms with Gasteiger partial charge in [0.05, 0.1) is 35.5 Å². The largest absolute Gasteiger partial charge is 0.495 e. The third-order valence-corrected chi connectivity index (χ3v) is 6.29. The molecule has 0 unspecified atom stereocenters. The number of aromatic nitrogens is 2. The van der Waals surface area contributed by atoms with Crippen LogP contribution in [0, 0.1) is 6.92 Å². The van der Waals surface area contributed by atoms with Gasteiger partial charge in [-0.15, -0.1) is 11.3 Å². The molecule has 2 heterocycles.